The maximum absolute atomic E-state index is 14.0. The van der Waals surface area contributed by atoms with Gasteiger partial charge in [0.2, 0.25) is 0 Å². The molecule has 0 saturated carbocycles. The van der Waals surface area contributed by atoms with Crippen molar-refractivity contribution in [1.29, 1.82) is 0 Å². The van der Waals surface area contributed by atoms with Gasteiger partial charge in [-0.3, -0.25) is 4.79 Å². The first-order valence-electron chi connectivity index (χ1n) is 11.7. The predicted molar refractivity (Wildman–Crippen MR) is 130 cm³/mol. The number of benzene rings is 2. The van der Waals surface area contributed by atoms with E-state index in [2.05, 4.69) is 10.4 Å². The second kappa shape index (κ2) is 10.6. The molecule has 1 heterocycles. The van der Waals surface area contributed by atoms with Gasteiger partial charge >= 0.3 is 6.18 Å². The molecule has 7 nitrogen and oxygen atoms in total. The number of alkyl halides is 3. The second-order valence-electron chi connectivity index (χ2n) is 8.56. The maximum atomic E-state index is 14.0. The molecule has 36 heavy (non-hydrogen) atoms. The van der Waals surface area contributed by atoms with E-state index in [-0.39, 0.29) is 12.3 Å². The molecule has 2 N–H and O–H groups in total. The third-order valence-corrected chi connectivity index (χ3v) is 6.22. The van der Waals surface area contributed by atoms with Gasteiger partial charge in [-0.25, -0.2) is 0 Å². The van der Waals surface area contributed by atoms with E-state index in [9.17, 15) is 18.0 Å². The van der Waals surface area contributed by atoms with Crippen molar-refractivity contribution >= 4 is 5.69 Å². The average Bonchev–Trinajstić information content (AvgIpc) is 3.36. The van der Waals surface area contributed by atoms with E-state index in [1.54, 1.807) is 18.2 Å². The minimum absolute atomic E-state index is 0.0339. The molecule has 1 aromatic heterocycles. The molecule has 0 fully saturated rings. The lowest BCUT2D eigenvalue weighted by molar-refractivity contribution is -0.137. The molecule has 0 amide bonds. The molecule has 1 aliphatic carbocycles. The number of halogens is 3. The zero-order valence-corrected chi connectivity index (χ0v) is 20.1. The first kappa shape index (κ1) is 25.6. The topological polar surface area (TPSA) is 85.6 Å². The summed E-state index contributed by atoms with van der Waals surface area (Å²) in [6.07, 6.45) is -1.70. The Balaban J connectivity index is 1.91. The normalized spacial score (nSPS) is 12.9. The highest BCUT2D eigenvalue weighted by Crippen LogP contribution is 2.37. The Morgan fingerprint density at radius 3 is 2.36 bits per heavy atom. The molecule has 10 heteroatoms. The van der Waals surface area contributed by atoms with Crippen molar-refractivity contribution in [3.63, 3.8) is 0 Å². The van der Waals surface area contributed by atoms with Gasteiger partial charge in [0.05, 0.1) is 31.2 Å². The van der Waals surface area contributed by atoms with Gasteiger partial charge in [0, 0.05) is 36.0 Å². The van der Waals surface area contributed by atoms with Crippen LogP contribution in [0.25, 0.3) is 16.9 Å². The zero-order valence-electron chi connectivity index (χ0n) is 20.1. The summed E-state index contributed by atoms with van der Waals surface area (Å²) in [4.78, 5) is 13.4. The molecule has 0 unspecified atom stereocenters. The minimum Gasteiger partial charge on any atom is -0.497 e. The van der Waals surface area contributed by atoms with Crippen molar-refractivity contribution in [2.75, 3.05) is 32.7 Å². The number of anilines is 1. The van der Waals surface area contributed by atoms with E-state index in [0.717, 1.165) is 16.3 Å². The number of aliphatic hydroxyl groups is 1. The van der Waals surface area contributed by atoms with Gasteiger partial charge in [-0.2, -0.15) is 23.0 Å². The van der Waals surface area contributed by atoms with Crippen LogP contribution in [0.3, 0.4) is 0 Å². The number of aliphatic hydroxyl groups excluding tert-OH is 1. The number of rotatable bonds is 9. The highest BCUT2D eigenvalue weighted by molar-refractivity contribution is 5.69. The first-order chi connectivity index (χ1) is 17.3. The van der Waals surface area contributed by atoms with Crippen molar-refractivity contribution in [2.24, 2.45) is 0 Å². The lowest BCUT2D eigenvalue weighted by Gasteiger charge is -2.18. The summed E-state index contributed by atoms with van der Waals surface area (Å²) in [5.74, 6) is 1.00. The van der Waals surface area contributed by atoms with Crippen LogP contribution in [0.1, 0.15) is 36.0 Å². The quantitative estimate of drug-likeness (QED) is 0.415. The highest BCUT2D eigenvalue weighted by Gasteiger charge is 2.35. The van der Waals surface area contributed by atoms with E-state index in [1.807, 2.05) is 0 Å². The molecule has 0 radical (unpaired) electrons. The molecular formula is C26H28F3N3O4. The highest BCUT2D eigenvalue weighted by atomic mass is 19.4. The fraction of sp³-hybridized carbons (Fsp3) is 0.385. The summed E-state index contributed by atoms with van der Waals surface area (Å²) in [5.41, 5.74) is 0.794. The summed E-state index contributed by atoms with van der Waals surface area (Å²) < 4.78 is 53.7. The van der Waals surface area contributed by atoms with E-state index >= 15 is 0 Å². The summed E-state index contributed by atoms with van der Waals surface area (Å²) in [5, 5.41) is 16.5. The van der Waals surface area contributed by atoms with Gasteiger partial charge in [0.25, 0.3) is 5.56 Å². The molecule has 0 aliphatic heterocycles. The van der Waals surface area contributed by atoms with Crippen LogP contribution >= 0.6 is 0 Å². The van der Waals surface area contributed by atoms with E-state index in [1.165, 1.54) is 26.4 Å². The summed E-state index contributed by atoms with van der Waals surface area (Å²) in [7, 11) is 3.01. The van der Waals surface area contributed by atoms with Crippen LogP contribution in [-0.4, -0.2) is 42.3 Å². The Morgan fingerprint density at radius 2 is 1.72 bits per heavy atom. The lowest BCUT2D eigenvalue weighted by Crippen LogP contribution is -2.28. The number of aromatic nitrogens is 2. The van der Waals surface area contributed by atoms with Crippen molar-refractivity contribution in [3.05, 3.63) is 63.4 Å². The third-order valence-electron chi connectivity index (χ3n) is 6.22. The van der Waals surface area contributed by atoms with E-state index < -0.39 is 17.3 Å². The number of ether oxygens (including phenoxy) is 2. The van der Waals surface area contributed by atoms with Crippen LogP contribution in [0, 0.1) is 0 Å². The number of fused-ring (bicyclic) bond motifs is 1. The van der Waals surface area contributed by atoms with Crippen molar-refractivity contribution in [2.45, 2.75) is 38.3 Å². The van der Waals surface area contributed by atoms with Crippen LogP contribution in [-0.2, 0) is 19.0 Å². The fourth-order valence-corrected chi connectivity index (χ4v) is 4.44. The second-order valence-corrected chi connectivity index (χ2v) is 8.56. The van der Waals surface area contributed by atoms with Gasteiger partial charge in [-0.15, -0.1) is 0 Å². The van der Waals surface area contributed by atoms with Crippen LogP contribution < -0.4 is 20.3 Å². The molecule has 0 spiro atoms. The van der Waals surface area contributed by atoms with Crippen molar-refractivity contribution < 1.29 is 27.8 Å². The predicted octanol–water partition coefficient (Wildman–Crippen LogP) is 4.61. The smallest absolute Gasteiger partial charge is 0.418 e. The Hall–Kier alpha value is -3.53. The molecule has 4 rings (SSSR count). The number of methoxy groups -OCH3 is 2. The monoisotopic (exact) mass is 503 g/mol. The maximum Gasteiger partial charge on any atom is 0.418 e. The largest absolute Gasteiger partial charge is 0.497 e. The molecule has 0 atom stereocenters. The first-order valence-corrected chi connectivity index (χ1v) is 11.7. The number of unbranched alkanes of at least 4 members (excludes halogenated alkanes) is 1. The van der Waals surface area contributed by atoms with E-state index in [4.69, 9.17) is 14.6 Å². The Kier molecular flexibility index (Phi) is 7.53. The number of hydrogen-bond acceptors (Lipinski definition) is 6. The summed E-state index contributed by atoms with van der Waals surface area (Å²) in [6, 6.07) is 8.72. The van der Waals surface area contributed by atoms with Gasteiger partial charge in [0.15, 0.2) is 0 Å². The van der Waals surface area contributed by atoms with Crippen LogP contribution in [0.5, 0.6) is 11.5 Å². The Bertz CT molecular complexity index is 1280. The Labute approximate surface area is 206 Å². The molecular weight excluding hydrogens is 475 g/mol. The van der Waals surface area contributed by atoms with Crippen molar-refractivity contribution in [1.82, 2.24) is 9.78 Å². The standard InChI is InChI=1S/C26H28F3N3O4/c1-35-18-12-16(13-19(15-18)36-2)24-20-6-5-7-21(20)25(34)32(31-24)23-14-17(30-10-3-4-11-33)8-9-22(23)26(27,28)29/h8-9,12-15,30,33H,3-7,10-11H2,1-2H3. The van der Waals surface area contributed by atoms with Crippen LogP contribution in [0.2, 0.25) is 0 Å². The van der Waals surface area contributed by atoms with Crippen LogP contribution in [0.4, 0.5) is 18.9 Å². The molecule has 0 saturated heterocycles. The molecule has 3 aromatic rings. The van der Waals surface area contributed by atoms with Gasteiger partial charge in [-0.05, 0) is 68.0 Å². The molecule has 1 aliphatic rings. The minimum atomic E-state index is -4.69. The van der Waals surface area contributed by atoms with E-state index in [0.29, 0.717) is 72.7 Å². The van der Waals surface area contributed by atoms with Gasteiger partial charge < -0.3 is 19.9 Å². The fourth-order valence-electron chi connectivity index (χ4n) is 4.44. The van der Waals surface area contributed by atoms with Crippen molar-refractivity contribution in [3.8, 4) is 28.4 Å². The van der Waals surface area contributed by atoms with Crippen LogP contribution in [0.15, 0.2) is 41.2 Å². The SMILES string of the molecule is COc1cc(OC)cc(-c2nn(-c3cc(NCCCCO)ccc3C(F)(F)F)c(=O)c3c2CCC3)c1. The zero-order chi connectivity index (χ0) is 25.9. The number of nitrogens with zero attached hydrogens (tertiary/aromatic N) is 2. The number of nitrogens with one attached hydrogen (secondary N) is 1. The molecule has 0 bridgehead atoms. The number of hydrogen-bond donors (Lipinski definition) is 2. The lowest BCUT2D eigenvalue weighted by atomic mass is 10.0. The molecule has 192 valence electrons. The summed E-state index contributed by atoms with van der Waals surface area (Å²) in [6.45, 7) is 0.499. The summed E-state index contributed by atoms with van der Waals surface area (Å²) >= 11 is 0. The molecule has 2 aromatic carbocycles. The average molecular weight is 504 g/mol. The van der Waals surface area contributed by atoms with Gasteiger partial charge in [0.1, 0.15) is 11.5 Å². The third kappa shape index (κ3) is 5.18. The van der Waals surface area contributed by atoms with Gasteiger partial charge in [-0.1, -0.05) is 0 Å². The Morgan fingerprint density at radius 1 is 1.03 bits per heavy atom.